The Labute approximate surface area is 94.1 Å². The highest BCUT2D eigenvalue weighted by Crippen LogP contribution is 2.46. The molecule has 0 aliphatic heterocycles. The molecule has 86 valence electrons. The van der Waals surface area contributed by atoms with Gasteiger partial charge in [-0.2, -0.15) is 0 Å². The molecule has 2 nitrogen and oxygen atoms in total. The van der Waals surface area contributed by atoms with Gasteiger partial charge in [-0.05, 0) is 24.8 Å². The first-order valence-corrected chi connectivity index (χ1v) is 5.57. The van der Waals surface area contributed by atoms with Crippen LogP contribution in [0.5, 0.6) is 0 Å². The highest BCUT2D eigenvalue weighted by atomic mass is 19.1. The maximum Gasteiger partial charge on any atom is 0.314 e. The largest absolute Gasteiger partial charge is 0.481 e. The van der Waals surface area contributed by atoms with E-state index in [1.165, 1.54) is 6.07 Å². The predicted octanol–water partition coefficient (Wildman–Crippen LogP) is 2.97. The van der Waals surface area contributed by atoms with E-state index in [0.29, 0.717) is 12.0 Å². The average molecular weight is 222 g/mol. The molecule has 2 atom stereocenters. The predicted molar refractivity (Wildman–Crippen MR) is 58.7 cm³/mol. The van der Waals surface area contributed by atoms with E-state index in [4.69, 9.17) is 0 Å². The Balaban J connectivity index is 2.57. The standard InChI is InChI=1S/C13H15FO2/c1-9-5-4-8-13(9,12(15)16)10-6-2-3-7-11(10)14/h2-3,6-7,9H,4-5,8H2,1H3,(H,15,16). The molecule has 0 bridgehead atoms. The summed E-state index contributed by atoms with van der Waals surface area (Å²) < 4.78 is 13.8. The third-order valence-corrected chi connectivity index (χ3v) is 3.79. The van der Waals surface area contributed by atoms with Crippen molar-refractivity contribution in [2.75, 3.05) is 0 Å². The van der Waals surface area contributed by atoms with Gasteiger partial charge < -0.3 is 5.11 Å². The van der Waals surface area contributed by atoms with Crippen LogP contribution in [0, 0.1) is 11.7 Å². The first-order chi connectivity index (χ1) is 7.59. The molecule has 1 aliphatic rings. The molecular weight excluding hydrogens is 207 g/mol. The molecule has 1 aromatic rings. The smallest absolute Gasteiger partial charge is 0.314 e. The molecule has 1 aromatic carbocycles. The van der Waals surface area contributed by atoms with E-state index in [-0.39, 0.29) is 5.92 Å². The summed E-state index contributed by atoms with van der Waals surface area (Å²) in [6.07, 6.45) is 2.23. The van der Waals surface area contributed by atoms with Gasteiger partial charge in [0.2, 0.25) is 0 Å². The number of carboxylic acids is 1. The normalized spacial score (nSPS) is 29.2. The van der Waals surface area contributed by atoms with Crippen molar-refractivity contribution in [3.05, 3.63) is 35.6 Å². The lowest BCUT2D eigenvalue weighted by Crippen LogP contribution is -2.39. The van der Waals surface area contributed by atoms with E-state index >= 15 is 0 Å². The molecule has 3 heteroatoms. The first-order valence-electron chi connectivity index (χ1n) is 5.57. The molecule has 2 rings (SSSR count). The number of benzene rings is 1. The number of halogens is 1. The van der Waals surface area contributed by atoms with E-state index in [1.807, 2.05) is 6.92 Å². The molecule has 0 amide bonds. The molecule has 1 aliphatic carbocycles. The minimum atomic E-state index is -1.02. The van der Waals surface area contributed by atoms with E-state index in [1.54, 1.807) is 18.2 Å². The SMILES string of the molecule is CC1CCCC1(C(=O)O)c1ccccc1F. The van der Waals surface area contributed by atoms with Crippen LogP contribution in [0.1, 0.15) is 31.7 Å². The molecule has 0 aromatic heterocycles. The number of carbonyl (C=O) groups is 1. The average Bonchev–Trinajstić information content (AvgIpc) is 2.62. The van der Waals surface area contributed by atoms with Gasteiger partial charge in [0.25, 0.3) is 0 Å². The molecule has 0 spiro atoms. The van der Waals surface area contributed by atoms with E-state index in [0.717, 1.165) is 12.8 Å². The van der Waals surface area contributed by atoms with Gasteiger partial charge in [-0.1, -0.05) is 31.5 Å². The lowest BCUT2D eigenvalue weighted by atomic mass is 9.73. The number of rotatable bonds is 2. The summed E-state index contributed by atoms with van der Waals surface area (Å²) in [6.45, 7) is 1.90. The van der Waals surface area contributed by atoms with Crippen LogP contribution in [0.4, 0.5) is 4.39 Å². The number of carboxylic acid groups (broad SMARTS) is 1. The Bertz CT molecular complexity index is 416. The number of hydrogen-bond acceptors (Lipinski definition) is 1. The third kappa shape index (κ3) is 1.42. The minimum Gasteiger partial charge on any atom is -0.481 e. The van der Waals surface area contributed by atoms with Crippen molar-refractivity contribution in [3.63, 3.8) is 0 Å². The Morgan fingerprint density at radius 3 is 2.69 bits per heavy atom. The van der Waals surface area contributed by atoms with Crippen LogP contribution in [-0.4, -0.2) is 11.1 Å². The fourth-order valence-corrected chi connectivity index (χ4v) is 2.84. The van der Waals surface area contributed by atoms with Crippen LogP contribution >= 0.6 is 0 Å². The van der Waals surface area contributed by atoms with Gasteiger partial charge >= 0.3 is 5.97 Å². The minimum absolute atomic E-state index is 0.0121. The lowest BCUT2D eigenvalue weighted by molar-refractivity contribution is -0.145. The van der Waals surface area contributed by atoms with Crippen molar-refractivity contribution in [1.29, 1.82) is 0 Å². The van der Waals surface area contributed by atoms with Gasteiger partial charge in [-0.15, -0.1) is 0 Å². The van der Waals surface area contributed by atoms with Crippen molar-refractivity contribution in [2.24, 2.45) is 5.92 Å². The zero-order chi connectivity index (χ0) is 11.8. The summed E-state index contributed by atoms with van der Waals surface area (Å²) in [6, 6.07) is 6.23. The summed E-state index contributed by atoms with van der Waals surface area (Å²) >= 11 is 0. The lowest BCUT2D eigenvalue weighted by Gasteiger charge is -2.29. The highest BCUT2D eigenvalue weighted by Gasteiger charge is 2.49. The van der Waals surface area contributed by atoms with Gasteiger partial charge in [0.15, 0.2) is 0 Å². The summed E-state index contributed by atoms with van der Waals surface area (Å²) in [5, 5.41) is 9.45. The van der Waals surface area contributed by atoms with Gasteiger partial charge in [0, 0.05) is 5.56 Å². The Kier molecular flexibility index (Phi) is 2.70. The second-order valence-corrected chi connectivity index (χ2v) is 4.55. The van der Waals surface area contributed by atoms with Crippen LogP contribution < -0.4 is 0 Å². The summed E-state index contributed by atoms with van der Waals surface area (Å²) in [4.78, 5) is 11.5. The van der Waals surface area contributed by atoms with Crippen molar-refractivity contribution in [1.82, 2.24) is 0 Å². The Hall–Kier alpha value is -1.38. The molecule has 1 fully saturated rings. The van der Waals surface area contributed by atoms with Crippen molar-refractivity contribution < 1.29 is 14.3 Å². The van der Waals surface area contributed by atoms with E-state index in [2.05, 4.69) is 0 Å². The van der Waals surface area contributed by atoms with Gasteiger partial charge in [0.05, 0.1) is 5.41 Å². The molecule has 0 saturated heterocycles. The molecule has 0 radical (unpaired) electrons. The number of hydrogen-bond donors (Lipinski definition) is 1. The van der Waals surface area contributed by atoms with Crippen LogP contribution in [0.15, 0.2) is 24.3 Å². The number of aliphatic carboxylic acids is 1. The van der Waals surface area contributed by atoms with Crippen molar-refractivity contribution >= 4 is 5.97 Å². The van der Waals surface area contributed by atoms with Crippen LogP contribution in [0.3, 0.4) is 0 Å². The van der Waals surface area contributed by atoms with Gasteiger partial charge in [-0.25, -0.2) is 4.39 Å². The third-order valence-electron chi connectivity index (χ3n) is 3.79. The fourth-order valence-electron chi connectivity index (χ4n) is 2.84. The molecule has 16 heavy (non-hydrogen) atoms. The van der Waals surface area contributed by atoms with Crippen LogP contribution in [0.2, 0.25) is 0 Å². The van der Waals surface area contributed by atoms with Crippen molar-refractivity contribution in [2.45, 2.75) is 31.6 Å². The monoisotopic (exact) mass is 222 g/mol. The van der Waals surface area contributed by atoms with Crippen LogP contribution in [-0.2, 0) is 10.2 Å². The van der Waals surface area contributed by atoms with E-state index < -0.39 is 17.2 Å². The molecule has 0 heterocycles. The second kappa shape index (κ2) is 3.89. The fraction of sp³-hybridized carbons (Fsp3) is 0.462. The maximum atomic E-state index is 13.8. The summed E-state index contributed by atoms with van der Waals surface area (Å²) in [5.74, 6) is -1.32. The first kappa shape index (κ1) is 11.1. The Morgan fingerprint density at radius 2 is 2.19 bits per heavy atom. The molecule has 1 N–H and O–H groups in total. The zero-order valence-electron chi connectivity index (χ0n) is 9.24. The molecular formula is C13H15FO2. The topological polar surface area (TPSA) is 37.3 Å². The maximum absolute atomic E-state index is 13.8. The second-order valence-electron chi connectivity index (χ2n) is 4.55. The van der Waals surface area contributed by atoms with Crippen molar-refractivity contribution in [3.8, 4) is 0 Å². The Morgan fingerprint density at radius 1 is 1.50 bits per heavy atom. The van der Waals surface area contributed by atoms with Gasteiger partial charge in [0.1, 0.15) is 5.82 Å². The highest BCUT2D eigenvalue weighted by molar-refractivity contribution is 5.82. The summed E-state index contributed by atoms with van der Waals surface area (Å²) in [5.41, 5.74) is -0.682. The zero-order valence-corrected chi connectivity index (χ0v) is 9.24. The van der Waals surface area contributed by atoms with Gasteiger partial charge in [-0.3, -0.25) is 4.79 Å². The van der Waals surface area contributed by atoms with E-state index in [9.17, 15) is 14.3 Å². The molecule has 1 saturated carbocycles. The quantitative estimate of drug-likeness (QED) is 0.835. The van der Waals surface area contributed by atoms with Crippen LogP contribution in [0.25, 0.3) is 0 Å². The molecule has 2 unspecified atom stereocenters. The summed E-state index contributed by atoms with van der Waals surface area (Å²) in [7, 11) is 0.